The van der Waals surface area contributed by atoms with Crippen LogP contribution in [0.3, 0.4) is 0 Å². The van der Waals surface area contributed by atoms with Crippen molar-refractivity contribution in [2.75, 3.05) is 20.7 Å². The molecule has 0 spiro atoms. The van der Waals surface area contributed by atoms with E-state index in [1.54, 1.807) is 11.9 Å². The summed E-state index contributed by atoms with van der Waals surface area (Å²) in [7, 11) is 3.12. The van der Waals surface area contributed by atoms with Gasteiger partial charge in [-0.2, -0.15) is 0 Å². The van der Waals surface area contributed by atoms with Gasteiger partial charge in [0.1, 0.15) is 23.7 Å². The molecule has 1 saturated heterocycles. The predicted molar refractivity (Wildman–Crippen MR) is 218 cm³/mol. The van der Waals surface area contributed by atoms with Gasteiger partial charge in [0.05, 0.1) is 48.9 Å². The van der Waals surface area contributed by atoms with Gasteiger partial charge in [-0.25, -0.2) is 19.8 Å². The second kappa shape index (κ2) is 16.8. The van der Waals surface area contributed by atoms with Crippen LogP contribution in [0.25, 0.3) is 33.6 Å². The van der Waals surface area contributed by atoms with Gasteiger partial charge in [0.25, 0.3) is 0 Å². The molecule has 2 saturated carbocycles. The predicted octanol–water partition coefficient (Wildman–Crippen LogP) is 7.68. The molecule has 2 bridgehead atoms. The molecule has 2 amide bonds. The Labute approximate surface area is 329 Å². The molecule has 294 valence electrons. The molecule has 4 aromatic rings. The van der Waals surface area contributed by atoms with Crippen LogP contribution in [0.4, 0.5) is 4.79 Å². The van der Waals surface area contributed by atoms with Crippen LogP contribution in [-0.4, -0.2) is 86.5 Å². The molecule has 12 nitrogen and oxygen atoms in total. The fraction of sp³-hybridized carbons (Fsp3) is 0.432. The van der Waals surface area contributed by atoms with Crippen LogP contribution in [0.2, 0.25) is 0 Å². The summed E-state index contributed by atoms with van der Waals surface area (Å²) < 4.78 is 4.80. The van der Waals surface area contributed by atoms with Crippen molar-refractivity contribution in [3.05, 3.63) is 96.6 Å². The summed E-state index contributed by atoms with van der Waals surface area (Å²) in [6, 6.07) is 16.3. The number of hydrogen-bond acceptors (Lipinski definition) is 8. The zero-order valence-corrected chi connectivity index (χ0v) is 33.0. The number of aromatic amines is 2. The van der Waals surface area contributed by atoms with E-state index in [0.717, 1.165) is 77.4 Å². The maximum Gasteiger partial charge on any atom is 0.407 e. The van der Waals surface area contributed by atoms with E-state index in [2.05, 4.69) is 75.5 Å². The number of nitrogens with one attached hydrogen (secondary N) is 3. The molecule has 7 atom stereocenters. The van der Waals surface area contributed by atoms with E-state index >= 15 is 0 Å². The van der Waals surface area contributed by atoms with E-state index in [9.17, 15) is 14.7 Å². The molecule has 3 heterocycles. The molecule has 2 aliphatic carbocycles. The summed E-state index contributed by atoms with van der Waals surface area (Å²) in [5, 5.41) is 14.1. The van der Waals surface area contributed by atoms with Crippen LogP contribution in [0, 0.1) is 23.7 Å². The van der Waals surface area contributed by atoms with Crippen molar-refractivity contribution in [2.24, 2.45) is 28.7 Å². The number of amides is 2. The average Bonchev–Trinajstić information content (AvgIpc) is 4.08. The number of nitrogens with zero attached hydrogens (tertiary/aromatic N) is 5. The number of fused-ring (bicyclic) bond motifs is 2. The van der Waals surface area contributed by atoms with E-state index in [4.69, 9.17) is 14.7 Å². The van der Waals surface area contributed by atoms with Gasteiger partial charge in [0, 0.05) is 19.5 Å². The lowest BCUT2D eigenvalue weighted by Gasteiger charge is -2.35. The van der Waals surface area contributed by atoms with Crippen LogP contribution in [-0.2, 0) is 9.53 Å². The Kier molecular flexibility index (Phi) is 11.7. The molecule has 0 radical (unpaired) electrons. The van der Waals surface area contributed by atoms with Crippen molar-refractivity contribution in [3.8, 4) is 33.6 Å². The minimum Gasteiger partial charge on any atom is -0.453 e. The minimum atomic E-state index is -0.881. The molecule has 3 aliphatic rings. The number of aliphatic hydroxyl groups is 1. The second-order valence-corrected chi connectivity index (χ2v) is 15.7. The first kappa shape index (κ1) is 38.9. The number of aliphatic hydroxyl groups excluding tert-OH is 1. The van der Waals surface area contributed by atoms with Crippen LogP contribution in [0.15, 0.2) is 90.0 Å². The molecule has 12 heteroatoms. The van der Waals surface area contributed by atoms with E-state index < -0.39 is 18.4 Å². The summed E-state index contributed by atoms with van der Waals surface area (Å²) in [6.07, 6.45) is 12.9. The molecule has 1 aliphatic heterocycles. The highest BCUT2D eigenvalue weighted by molar-refractivity contribution is 5.82. The zero-order chi connectivity index (χ0) is 39.5. The first-order chi connectivity index (χ1) is 27.1. The molecule has 2 aromatic heterocycles. The van der Waals surface area contributed by atoms with Crippen molar-refractivity contribution in [1.82, 2.24) is 35.1 Å². The maximum atomic E-state index is 13.9. The largest absolute Gasteiger partial charge is 0.453 e. The molecule has 7 rings (SSSR count). The number of carbonyl (C=O) groups is 2. The Balaban J connectivity index is 1.02. The fourth-order valence-electron chi connectivity index (χ4n) is 9.21. The number of aromatic nitrogens is 4. The number of allylic oxidation sites excluding steroid dienone is 3. The maximum absolute atomic E-state index is 13.9. The third-order valence-electron chi connectivity index (χ3n) is 12.2. The van der Waals surface area contributed by atoms with Crippen molar-refractivity contribution < 1.29 is 19.4 Å². The van der Waals surface area contributed by atoms with Crippen LogP contribution < -0.4 is 5.32 Å². The molecular formula is C44H54N8O4. The highest BCUT2D eigenvalue weighted by Crippen LogP contribution is 2.57. The quantitative estimate of drug-likeness (QED) is 0.0807. The number of benzene rings is 2. The number of imidazole rings is 2. The standard InChI is InChI=1S/C44H54N8O4/c1-7-8-11-36(45-4)51(5)42(53)38-32-21-20-31(23-32)37(38)41-47-25-34(49-41)30-18-14-28(15-19-30)27-12-16-29(17-13-27)33-24-46-40(48-33)35-10-9-22-52(35)43(54)39(26(2)3)50-44(55)56-6/h7-8,11-19,24-26,31-32,35,37-39,43,54H,4,9-10,20-23H2,1-3,5-6H3,(H,46,48)(H,47,49)(H,50,55)/b8-7-,36-11+/t31-,32+,35-,37+,38+,39-,43?/m0/s1. The number of hydrogen-bond donors (Lipinski definition) is 4. The molecule has 4 N–H and O–H groups in total. The fourth-order valence-corrected chi connectivity index (χ4v) is 9.21. The Hall–Kier alpha value is -5.33. The van der Waals surface area contributed by atoms with Crippen LogP contribution in [0.1, 0.15) is 76.5 Å². The number of methoxy groups -OCH3 is 1. The van der Waals surface area contributed by atoms with Gasteiger partial charge in [-0.05, 0) is 91.8 Å². The first-order valence-electron chi connectivity index (χ1n) is 19.8. The number of aliphatic imine (C=N–C) groups is 1. The number of rotatable bonds is 13. The van der Waals surface area contributed by atoms with Crippen molar-refractivity contribution in [2.45, 2.75) is 77.1 Å². The number of ether oxygens (including phenoxy) is 1. The Bertz CT molecular complexity index is 2070. The van der Waals surface area contributed by atoms with Crippen LogP contribution >= 0.6 is 0 Å². The third-order valence-corrected chi connectivity index (χ3v) is 12.2. The SMILES string of the molecule is C=N/C(=C\C=C/C)N(C)C(=O)[C@@H]1[C@@H]2CC[C@@H](C2)[C@H]1c1ncc(-c2ccc(-c3ccc(-c4cnc([C@@H]5CCCN5C(O)[C@@H](NC(=O)OC)C(C)C)[nH]4)cc3)cc2)[nH]1. The molecule has 1 unspecified atom stereocenters. The molecule has 2 aromatic carbocycles. The minimum absolute atomic E-state index is 0.00223. The molecule has 3 fully saturated rings. The van der Waals surface area contributed by atoms with Gasteiger partial charge in [-0.15, -0.1) is 0 Å². The second-order valence-electron chi connectivity index (χ2n) is 15.7. The smallest absolute Gasteiger partial charge is 0.407 e. The normalized spacial score (nSPS) is 23.5. The summed E-state index contributed by atoms with van der Waals surface area (Å²) in [5.41, 5.74) is 6.09. The number of likely N-dealkylation sites (tertiary alicyclic amines) is 1. The Morgan fingerprint density at radius 3 is 2.14 bits per heavy atom. The summed E-state index contributed by atoms with van der Waals surface area (Å²) >= 11 is 0. The highest BCUT2D eigenvalue weighted by Gasteiger charge is 2.53. The lowest BCUT2D eigenvalue weighted by atomic mass is 9.78. The van der Waals surface area contributed by atoms with Crippen molar-refractivity contribution in [1.29, 1.82) is 0 Å². The van der Waals surface area contributed by atoms with Gasteiger partial charge < -0.3 is 25.1 Å². The monoisotopic (exact) mass is 758 g/mol. The van der Waals surface area contributed by atoms with E-state index in [1.165, 1.54) is 7.11 Å². The lowest BCUT2D eigenvalue weighted by molar-refractivity contribution is -0.134. The number of H-pyrrole nitrogens is 2. The number of alkyl carbamates (subject to hydrolysis) is 1. The van der Waals surface area contributed by atoms with Gasteiger partial charge in [-0.3, -0.25) is 14.6 Å². The van der Waals surface area contributed by atoms with Gasteiger partial charge >= 0.3 is 6.09 Å². The van der Waals surface area contributed by atoms with Gasteiger partial charge in [0.15, 0.2) is 0 Å². The number of carbonyl (C=O) groups excluding carboxylic acids is 2. The first-order valence-corrected chi connectivity index (χ1v) is 19.8. The topological polar surface area (TPSA) is 152 Å². The Morgan fingerprint density at radius 2 is 1.55 bits per heavy atom. The van der Waals surface area contributed by atoms with E-state index in [0.29, 0.717) is 24.2 Å². The summed E-state index contributed by atoms with van der Waals surface area (Å²) in [6.45, 7) is 10.3. The Morgan fingerprint density at radius 1 is 0.964 bits per heavy atom. The molecular weight excluding hydrogens is 705 g/mol. The highest BCUT2D eigenvalue weighted by atomic mass is 16.5. The summed E-state index contributed by atoms with van der Waals surface area (Å²) in [5.74, 6) is 3.00. The van der Waals surface area contributed by atoms with Crippen molar-refractivity contribution in [3.63, 3.8) is 0 Å². The third kappa shape index (κ3) is 7.72. The van der Waals surface area contributed by atoms with Gasteiger partial charge in [0.2, 0.25) is 5.91 Å². The summed E-state index contributed by atoms with van der Waals surface area (Å²) in [4.78, 5) is 50.4. The van der Waals surface area contributed by atoms with Crippen LogP contribution in [0.5, 0.6) is 0 Å². The average molecular weight is 759 g/mol. The van der Waals surface area contributed by atoms with Crippen molar-refractivity contribution >= 4 is 18.7 Å². The lowest BCUT2D eigenvalue weighted by Crippen LogP contribution is -2.54. The molecule has 56 heavy (non-hydrogen) atoms. The van der Waals surface area contributed by atoms with E-state index in [-0.39, 0.29) is 29.7 Å². The zero-order valence-electron chi connectivity index (χ0n) is 33.0. The van der Waals surface area contributed by atoms with E-state index in [1.807, 2.05) is 56.3 Å². The van der Waals surface area contributed by atoms with Gasteiger partial charge in [-0.1, -0.05) is 74.5 Å².